The van der Waals surface area contributed by atoms with Crippen molar-refractivity contribution in [2.24, 2.45) is 5.92 Å². The average Bonchev–Trinajstić information content (AvgIpc) is 3.48. The number of ether oxygens (including phenoxy) is 1. The van der Waals surface area contributed by atoms with Crippen LogP contribution in [0.5, 0.6) is 0 Å². The van der Waals surface area contributed by atoms with Crippen molar-refractivity contribution in [1.29, 1.82) is 0 Å². The Balaban J connectivity index is 1.47. The summed E-state index contributed by atoms with van der Waals surface area (Å²) in [6, 6.07) is 37.5. The summed E-state index contributed by atoms with van der Waals surface area (Å²) >= 11 is 0. The molecule has 6 aromatic rings. The van der Waals surface area contributed by atoms with Crippen molar-refractivity contribution in [3.8, 4) is 22.5 Å². The third-order valence-corrected chi connectivity index (χ3v) is 10.5. The van der Waals surface area contributed by atoms with E-state index in [1.165, 1.54) is 0 Å². The highest BCUT2D eigenvalue weighted by molar-refractivity contribution is 5.91. The van der Waals surface area contributed by atoms with Crippen molar-refractivity contribution in [3.05, 3.63) is 131 Å². The van der Waals surface area contributed by atoms with Gasteiger partial charge < -0.3 is 9.84 Å². The number of aromatic nitrogens is 2. The molecule has 0 aliphatic heterocycles. The van der Waals surface area contributed by atoms with Crippen LogP contribution in [-0.4, -0.2) is 33.6 Å². The van der Waals surface area contributed by atoms with E-state index in [9.17, 15) is 14.7 Å². The topological polar surface area (TPSA) is 89.4 Å². The van der Waals surface area contributed by atoms with Gasteiger partial charge in [-0.05, 0) is 72.7 Å². The van der Waals surface area contributed by atoms with Gasteiger partial charge in [0, 0.05) is 32.7 Å². The molecular formula is C41H34N2O4. The molecule has 47 heavy (non-hydrogen) atoms. The van der Waals surface area contributed by atoms with Crippen LogP contribution in [0, 0.1) is 5.92 Å². The fourth-order valence-corrected chi connectivity index (χ4v) is 8.60. The lowest BCUT2D eigenvalue weighted by molar-refractivity contribution is -0.142. The Kier molecular flexibility index (Phi) is 6.72. The molecule has 6 nitrogen and oxygen atoms in total. The molecule has 0 bridgehead atoms. The summed E-state index contributed by atoms with van der Waals surface area (Å²) < 4.78 is 5.65. The van der Waals surface area contributed by atoms with E-state index in [1.54, 1.807) is 6.92 Å². The number of carbonyl (C=O) groups excluding carboxylic acids is 1. The number of pyridine rings is 2. The second-order valence-corrected chi connectivity index (χ2v) is 13.3. The number of nitrogens with zero attached hydrogens (tertiary/aromatic N) is 2. The van der Waals surface area contributed by atoms with Crippen LogP contribution in [0.25, 0.3) is 44.3 Å². The molecule has 2 heterocycles. The van der Waals surface area contributed by atoms with E-state index in [1.807, 2.05) is 61.5 Å². The molecule has 6 heteroatoms. The third kappa shape index (κ3) is 4.38. The van der Waals surface area contributed by atoms with Gasteiger partial charge in [0.15, 0.2) is 0 Å². The molecule has 4 aromatic carbocycles. The third-order valence-electron chi connectivity index (χ3n) is 10.5. The fraction of sp³-hybridized carbons (Fsp3) is 0.220. The summed E-state index contributed by atoms with van der Waals surface area (Å²) in [7, 11) is 0. The first kappa shape index (κ1) is 29.1. The Bertz CT molecular complexity index is 2230. The summed E-state index contributed by atoms with van der Waals surface area (Å²) in [5.74, 6) is -1.48. The van der Waals surface area contributed by atoms with Gasteiger partial charge in [-0.25, -0.2) is 9.97 Å². The predicted octanol–water partition coefficient (Wildman–Crippen LogP) is 8.47. The maximum atomic E-state index is 12.7. The van der Waals surface area contributed by atoms with Crippen molar-refractivity contribution in [2.45, 2.75) is 50.0 Å². The Morgan fingerprint density at radius 1 is 0.702 bits per heavy atom. The smallest absolute Gasteiger partial charge is 0.306 e. The Morgan fingerprint density at radius 2 is 1.17 bits per heavy atom. The molecule has 8 rings (SSSR count). The largest absolute Gasteiger partial charge is 0.481 e. The van der Waals surface area contributed by atoms with Gasteiger partial charge in [0.2, 0.25) is 0 Å². The minimum atomic E-state index is -0.837. The zero-order valence-corrected chi connectivity index (χ0v) is 26.3. The zero-order chi connectivity index (χ0) is 32.3. The molecule has 2 aromatic heterocycles. The fourth-order valence-electron chi connectivity index (χ4n) is 8.60. The molecule has 0 fully saturated rings. The van der Waals surface area contributed by atoms with Crippen molar-refractivity contribution in [3.63, 3.8) is 0 Å². The number of carboxylic acids is 1. The predicted molar refractivity (Wildman–Crippen MR) is 183 cm³/mol. The quantitative estimate of drug-likeness (QED) is 0.164. The molecule has 0 saturated carbocycles. The maximum Gasteiger partial charge on any atom is 0.306 e. The Hall–Kier alpha value is -5.36. The summed E-state index contributed by atoms with van der Waals surface area (Å²) in [5.41, 5.74) is 8.59. The minimum Gasteiger partial charge on any atom is -0.481 e. The highest BCUT2D eigenvalue weighted by Crippen LogP contribution is 2.62. The number of hydrogen-bond acceptors (Lipinski definition) is 5. The SMILES string of the molecule is CC(CC1(CC2(CC(C)C(=O)O)c3ccccc3-c3nc4ccccc4cc32)c2ccccc2-c2nc3ccccc3cc21)OC=O. The molecule has 0 amide bonds. The molecule has 232 valence electrons. The van der Waals surface area contributed by atoms with Gasteiger partial charge in [0.05, 0.1) is 34.4 Å². The van der Waals surface area contributed by atoms with Crippen molar-refractivity contribution in [1.82, 2.24) is 9.97 Å². The first-order valence-electron chi connectivity index (χ1n) is 16.2. The van der Waals surface area contributed by atoms with Crippen LogP contribution in [0.4, 0.5) is 0 Å². The van der Waals surface area contributed by atoms with Crippen LogP contribution in [-0.2, 0) is 25.2 Å². The summed E-state index contributed by atoms with van der Waals surface area (Å²) in [5, 5.41) is 12.5. The number of carbonyl (C=O) groups is 2. The number of para-hydroxylation sites is 2. The first-order chi connectivity index (χ1) is 22.8. The Morgan fingerprint density at radius 3 is 1.68 bits per heavy atom. The van der Waals surface area contributed by atoms with Crippen LogP contribution in [0.2, 0.25) is 0 Å². The van der Waals surface area contributed by atoms with Gasteiger partial charge in [-0.2, -0.15) is 0 Å². The molecule has 2 aliphatic rings. The van der Waals surface area contributed by atoms with Gasteiger partial charge in [0.25, 0.3) is 6.47 Å². The molecule has 0 spiro atoms. The number of rotatable bonds is 9. The summed E-state index contributed by atoms with van der Waals surface area (Å²) in [4.78, 5) is 34.9. The van der Waals surface area contributed by atoms with Gasteiger partial charge in [-0.1, -0.05) is 91.9 Å². The van der Waals surface area contributed by atoms with Crippen LogP contribution in [0.15, 0.2) is 109 Å². The van der Waals surface area contributed by atoms with Crippen LogP contribution < -0.4 is 0 Å². The molecule has 1 N–H and O–H groups in total. The molecule has 4 unspecified atom stereocenters. The van der Waals surface area contributed by atoms with Gasteiger partial charge in [0.1, 0.15) is 0 Å². The van der Waals surface area contributed by atoms with Gasteiger partial charge >= 0.3 is 5.97 Å². The van der Waals surface area contributed by atoms with E-state index < -0.39 is 28.8 Å². The molecule has 4 atom stereocenters. The lowest BCUT2D eigenvalue weighted by Gasteiger charge is -2.44. The number of fused-ring (bicyclic) bond motifs is 8. The molecule has 2 aliphatic carbocycles. The number of aliphatic carboxylic acids is 1. The van der Waals surface area contributed by atoms with Crippen molar-refractivity contribution < 1.29 is 19.4 Å². The first-order valence-corrected chi connectivity index (χ1v) is 16.2. The van der Waals surface area contributed by atoms with Crippen LogP contribution in [0.1, 0.15) is 55.4 Å². The van der Waals surface area contributed by atoms with Crippen molar-refractivity contribution >= 4 is 34.2 Å². The summed E-state index contributed by atoms with van der Waals surface area (Å²) in [6.45, 7) is 4.26. The standard InChI is InChI=1S/C41H34N2O4/c1-25(39(45)46)21-40(31-15-7-5-13-29(31)37-33(40)19-27-11-3-9-17-35(27)42-37)23-41(22-26(2)47-24-44)32-16-8-6-14-30(32)38-34(41)20-28-12-4-10-18-36(28)43-38/h3-20,24-26H,21-23H2,1-2H3,(H,45,46). The zero-order valence-electron chi connectivity index (χ0n) is 26.3. The van der Waals surface area contributed by atoms with E-state index >= 15 is 0 Å². The van der Waals surface area contributed by atoms with E-state index in [-0.39, 0.29) is 0 Å². The van der Waals surface area contributed by atoms with Crippen LogP contribution >= 0.6 is 0 Å². The number of carboxylic acid groups (broad SMARTS) is 1. The van der Waals surface area contributed by atoms with Crippen molar-refractivity contribution in [2.75, 3.05) is 0 Å². The number of hydrogen-bond donors (Lipinski definition) is 1. The molecule has 0 saturated heterocycles. The maximum absolute atomic E-state index is 12.7. The lowest BCUT2D eigenvalue weighted by atomic mass is 9.59. The van der Waals surface area contributed by atoms with E-state index in [2.05, 4.69) is 54.6 Å². The Labute approximate surface area is 273 Å². The monoisotopic (exact) mass is 618 g/mol. The normalized spacial score (nSPS) is 20.2. The van der Waals surface area contributed by atoms with Gasteiger partial charge in [-0.15, -0.1) is 0 Å². The lowest BCUT2D eigenvalue weighted by Crippen LogP contribution is -2.41. The van der Waals surface area contributed by atoms with E-state index in [0.717, 1.165) is 66.6 Å². The average molecular weight is 619 g/mol. The van der Waals surface area contributed by atoms with Gasteiger partial charge in [-0.3, -0.25) is 9.59 Å². The summed E-state index contributed by atoms with van der Waals surface area (Å²) in [6.07, 6.45) is 0.989. The van der Waals surface area contributed by atoms with Crippen LogP contribution in [0.3, 0.4) is 0 Å². The molecule has 0 radical (unpaired) electrons. The second kappa shape index (κ2) is 10.9. The highest BCUT2D eigenvalue weighted by Gasteiger charge is 2.55. The second-order valence-electron chi connectivity index (χ2n) is 13.3. The highest BCUT2D eigenvalue weighted by atomic mass is 16.5. The molecular weight excluding hydrogens is 584 g/mol. The van der Waals surface area contributed by atoms with E-state index in [4.69, 9.17) is 14.7 Å². The number of benzene rings is 4. The minimum absolute atomic E-state index is 0.371. The van der Waals surface area contributed by atoms with E-state index in [0.29, 0.717) is 25.7 Å².